The lowest BCUT2D eigenvalue weighted by Crippen LogP contribution is -2.14. The van der Waals surface area contributed by atoms with E-state index in [9.17, 15) is 35.9 Å². The first-order valence-electron chi connectivity index (χ1n) is 13.2. The van der Waals surface area contributed by atoms with Crippen LogP contribution in [0.4, 0.5) is 26.3 Å². The van der Waals surface area contributed by atoms with Gasteiger partial charge in [0, 0.05) is 55.1 Å². The van der Waals surface area contributed by atoms with Crippen LogP contribution in [-0.4, -0.2) is 19.1 Å². The Bertz CT molecular complexity index is 2350. The Hall–Kier alpha value is -3.76. The zero-order chi connectivity index (χ0) is 35.7. The van der Waals surface area contributed by atoms with Crippen LogP contribution in [-0.2, 0) is 0 Å². The molecule has 17 heteroatoms. The number of aromatic nitrogens is 4. The maximum absolute atomic E-state index is 14.3. The smallest absolute Gasteiger partial charge is 0.210 e. The normalized spacial score (nSPS) is 10.9. The third-order valence-corrected chi connectivity index (χ3v) is 9.10. The van der Waals surface area contributed by atoms with Crippen LogP contribution in [0.25, 0.3) is 33.9 Å². The molecule has 0 atom stereocenters. The fraction of sp³-hybridized carbons (Fsp3) is 0. The van der Waals surface area contributed by atoms with Crippen molar-refractivity contribution >= 4 is 71.0 Å². The summed E-state index contributed by atoms with van der Waals surface area (Å²) in [4.78, 5) is 32.0. The van der Waals surface area contributed by atoms with Crippen LogP contribution in [0.1, 0.15) is 0 Å². The first-order chi connectivity index (χ1) is 23.2. The highest BCUT2D eigenvalue weighted by Gasteiger charge is 2.24. The Labute approximate surface area is 307 Å². The molecule has 6 nitrogen and oxygen atoms in total. The van der Waals surface area contributed by atoms with E-state index in [-0.39, 0.29) is 40.8 Å². The predicted octanol–water partition coefficient (Wildman–Crippen LogP) is 10.2. The van der Waals surface area contributed by atoms with Gasteiger partial charge in [0.05, 0.1) is 47.3 Å². The summed E-state index contributed by atoms with van der Waals surface area (Å²) in [6.07, 6.45) is 5.52. The summed E-state index contributed by atoms with van der Waals surface area (Å²) < 4.78 is 86.2. The standard InChI is InChI=1S/C16H6Br2ClF3N2O.C16H7BrClF3N2O/c17-8-6-24(11-2-1-3-23-16(11)19)14(13(18)15(8)25)12-9(21)4-7(20)5-10(12)22;17-9-7-23(12-2-1-3-22-16(12)18)13(6-14(9)24)15-10(20)4-8(19)5-11(15)21/h1-6H;1-7H. The molecule has 4 heterocycles. The molecule has 0 unspecified atom stereocenters. The summed E-state index contributed by atoms with van der Waals surface area (Å²) in [5.74, 6) is -6.71. The molecule has 0 spiro atoms. The SMILES string of the molecule is O=c1c(Br)cn(-c2cccnc2Cl)c(-c2c(F)cc(F)cc2F)c1Br.O=c1cc(-c2c(F)cc(F)cc2F)n(-c2cccnc2Cl)cc1Br. The Balaban J connectivity index is 0.000000191. The van der Waals surface area contributed by atoms with Gasteiger partial charge in [0.2, 0.25) is 5.43 Å². The molecule has 0 aliphatic heterocycles. The molecule has 0 amide bonds. The molecular weight excluding hydrogens is 897 g/mol. The van der Waals surface area contributed by atoms with E-state index in [4.69, 9.17) is 23.2 Å². The highest BCUT2D eigenvalue weighted by molar-refractivity contribution is 9.11. The van der Waals surface area contributed by atoms with E-state index in [1.54, 1.807) is 24.3 Å². The third kappa shape index (κ3) is 7.55. The molecule has 6 aromatic rings. The first-order valence-corrected chi connectivity index (χ1v) is 16.4. The van der Waals surface area contributed by atoms with Crippen molar-refractivity contribution in [2.24, 2.45) is 0 Å². The fourth-order valence-corrected chi connectivity index (χ4v) is 6.56. The van der Waals surface area contributed by atoms with Gasteiger partial charge >= 0.3 is 0 Å². The van der Waals surface area contributed by atoms with E-state index in [0.717, 1.165) is 6.07 Å². The highest BCUT2D eigenvalue weighted by Crippen LogP contribution is 2.36. The highest BCUT2D eigenvalue weighted by atomic mass is 79.9. The average molecular weight is 910 g/mol. The Kier molecular flexibility index (Phi) is 11.2. The van der Waals surface area contributed by atoms with Crippen LogP contribution < -0.4 is 10.9 Å². The summed E-state index contributed by atoms with van der Waals surface area (Å²) in [5, 5.41) is 0.117. The van der Waals surface area contributed by atoms with Crippen molar-refractivity contribution in [2.75, 3.05) is 0 Å². The maximum atomic E-state index is 14.3. The van der Waals surface area contributed by atoms with Gasteiger partial charge in [0.25, 0.3) is 0 Å². The van der Waals surface area contributed by atoms with Crippen LogP contribution in [0, 0.1) is 34.9 Å². The van der Waals surface area contributed by atoms with Gasteiger partial charge in [-0.25, -0.2) is 36.3 Å². The molecule has 0 fully saturated rings. The van der Waals surface area contributed by atoms with Gasteiger partial charge in [0.15, 0.2) is 15.7 Å². The lowest BCUT2D eigenvalue weighted by Gasteiger charge is -2.18. The van der Waals surface area contributed by atoms with E-state index >= 15 is 0 Å². The Morgan fingerprint density at radius 3 is 1.55 bits per heavy atom. The molecule has 0 aliphatic rings. The molecule has 2 aromatic carbocycles. The zero-order valence-electron chi connectivity index (χ0n) is 23.8. The lowest BCUT2D eigenvalue weighted by molar-refractivity contribution is 0.545. The maximum Gasteiger partial charge on any atom is 0.210 e. The van der Waals surface area contributed by atoms with Crippen LogP contribution in [0.5, 0.6) is 0 Å². The fourth-order valence-electron chi connectivity index (χ4n) is 4.55. The molecule has 0 N–H and O–H groups in total. The second-order valence-corrected chi connectivity index (χ2v) is 12.9. The quantitative estimate of drug-likeness (QED) is 0.131. The van der Waals surface area contributed by atoms with Crippen molar-refractivity contribution in [2.45, 2.75) is 0 Å². The van der Waals surface area contributed by atoms with Crippen LogP contribution in [0.15, 0.2) is 102 Å². The van der Waals surface area contributed by atoms with Crippen molar-refractivity contribution in [3.63, 3.8) is 0 Å². The van der Waals surface area contributed by atoms with E-state index in [1.807, 2.05) is 0 Å². The minimum atomic E-state index is -1.16. The molecule has 0 saturated heterocycles. The average Bonchev–Trinajstić information content (AvgIpc) is 3.02. The molecule has 6 rings (SSSR count). The summed E-state index contributed by atoms with van der Waals surface area (Å²) >= 11 is 21.4. The van der Waals surface area contributed by atoms with Gasteiger partial charge in [-0.1, -0.05) is 23.2 Å². The topological polar surface area (TPSA) is 69.8 Å². The second kappa shape index (κ2) is 15.0. The van der Waals surface area contributed by atoms with Gasteiger partial charge < -0.3 is 9.13 Å². The van der Waals surface area contributed by atoms with Crippen LogP contribution >= 0.6 is 71.0 Å². The van der Waals surface area contributed by atoms with Gasteiger partial charge in [-0.3, -0.25) is 9.59 Å². The van der Waals surface area contributed by atoms with Gasteiger partial charge in [-0.2, -0.15) is 0 Å². The molecule has 250 valence electrons. The van der Waals surface area contributed by atoms with Gasteiger partial charge in [-0.15, -0.1) is 0 Å². The lowest BCUT2D eigenvalue weighted by atomic mass is 10.1. The van der Waals surface area contributed by atoms with E-state index in [0.29, 0.717) is 30.0 Å². The van der Waals surface area contributed by atoms with E-state index < -0.39 is 56.9 Å². The van der Waals surface area contributed by atoms with Crippen LogP contribution in [0.2, 0.25) is 10.3 Å². The molecule has 0 radical (unpaired) electrons. The van der Waals surface area contributed by atoms with Gasteiger partial charge in [-0.05, 0) is 72.1 Å². The molecule has 0 bridgehead atoms. The third-order valence-electron chi connectivity index (χ3n) is 6.62. The number of halogens is 11. The summed E-state index contributed by atoms with van der Waals surface area (Å²) in [6, 6.07) is 9.46. The van der Waals surface area contributed by atoms with Gasteiger partial charge in [0.1, 0.15) is 34.9 Å². The molecule has 0 saturated carbocycles. The van der Waals surface area contributed by atoms with Crippen molar-refractivity contribution in [3.8, 4) is 33.9 Å². The second-order valence-electron chi connectivity index (χ2n) is 9.70. The molecule has 49 heavy (non-hydrogen) atoms. The number of nitrogens with zero attached hydrogens (tertiary/aromatic N) is 4. The van der Waals surface area contributed by atoms with E-state index in [1.165, 1.54) is 33.9 Å². The summed E-state index contributed by atoms with van der Waals surface area (Å²) in [7, 11) is 0. The van der Waals surface area contributed by atoms with Crippen molar-refractivity contribution < 1.29 is 26.3 Å². The molecular formula is C32H13Br3Cl2F6N4O2. The minimum Gasteiger partial charge on any atom is -0.312 e. The number of pyridine rings is 4. The molecule has 4 aromatic heterocycles. The first kappa shape index (κ1) is 36.5. The predicted molar refractivity (Wildman–Crippen MR) is 183 cm³/mol. The summed E-state index contributed by atoms with van der Waals surface area (Å²) in [6.45, 7) is 0. The van der Waals surface area contributed by atoms with E-state index in [2.05, 4.69) is 57.8 Å². The Morgan fingerprint density at radius 2 is 1.06 bits per heavy atom. The number of benzene rings is 2. The number of rotatable bonds is 4. The number of hydrogen-bond acceptors (Lipinski definition) is 4. The molecule has 0 aliphatic carbocycles. The summed E-state index contributed by atoms with van der Waals surface area (Å²) in [5.41, 5.74) is -1.83. The Morgan fingerprint density at radius 1 is 0.612 bits per heavy atom. The zero-order valence-corrected chi connectivity index (χ0v) is 30.0. The monoisotopic (exact) mass is 906 g/mol. The van der Waals surface area contributed by atoms with Crippen LogP contribution in [0.3, 0.4) is 0 Å². The van der Waals surface area contributed by atoms with Crippen molar-refractivity contribution in [1.82, 2.24) is 19.1 Å². The van der Waals surface area contributed by atoms with Crippen molar-refractivity contribution in [1.29, 1.82) is 0 Å². The van der Waals surface area contributed by atoms with Crippen molar-refractivity contribution in [3.05, 3.63) is 158 Å². The largest absolute Gasteiger partial charge is 0.312 e. The number of hydrogen-bond donors (Lipinski definition) is 0. The minimum absolute atomic E-state index is 0.0501.